The van der Waals surface area contributed by atoms with Gasteiger partial charge in [0.1, 0.15) is 0 Å². The molecule has 0 aromatic carbocycles. The largest absolute Gasteiger partial charge is 0.346 e. The lowest BCUT2D eigenvalue weighted by Gasteiger charge is -2.33. The van der Waals surface area contributed by atoms with Gasteiger partial charge in [0.05, 0.1) is 5.69 Å². The van der Waals surface area contributed by atoms with Crippen LogP contribution in [0.1, 0.15) is 19.5 Å². The maximum atomic E-state index is 12.4. The van der Waals surface area contributed by atoms with E-state index in [1.165, 1.54) is 22.3 Å². The second-order valence-electron chi connectivity index (χ2n) is 6.42. The van der Waals surface area contributed by atoms with Crippen molar-refractivity contribution in [3.05, 3.63) is 28.5 Å². The monoisotopic (exact) mass is 409 g/mol. The Kier molecular flexibility index (Phi) is 5.81. The first-order valence-corrected chi connectivity index (χ1v) is 9.80. The van der Waals surface area contributed by atoms with E-state index in [4.69, 9.17) is 11.6 Å². The Labute approximate surface area is 165 Å². The molecule has 1 saturated heterocycles. The predicted octanol–water partition coefficient (Wildman–Crippen LogP) is 1.26. The first-order valence-electron chi connectivity index (χ1n) is 8.54. The van der Waals surface area contributed by atoms with Crippen LogP contribution in [0, 0.1) is 0 Å². The van der Waals surface area contributed by atoms with Crippen LogP contribution in [0.2, 0.25) is 5.15 Å². The molecular weight excluding hydrogens is 390 g/mol. The lowest BCUT2D eigenvalue weighted by Crippen LogP contribution is -2.54. The fourth-order valence-corrected chi connectivity index (χ4v) is 3.78. The van der Waals surface area contributed by atoms with E-state index < -0.39 is 11.8 Å². The Balaban J connectivity index is 1.57. The summed E-state index contributed by atoms with van der Waals surface area (Å²) in [6.45, 7) is 4.99. The van der Waals surface area contributed by atoms with Crippen LogP contribution in [0.25, 0.3) is 11.0 Å². The van der Waals surface area contributed by atoms with Crippen molar-refractivity contribution in [1.82, 2.24) is 24.5 Å². The number of carbonyl (C=O) groups excluding carboxylic acids is 3. The molecule has 2 aromatic rings. The third-order valence-corrected chi connectivity index (χ3v) is 5.17. The third-order valence-electron chi connectivity index (χ3n) is 4.13. The summed E-state index contributed by atoms with van der Waals surface area (Å²) in [5, 5.41) is 4.82. The minimum Gasteiger partial charge on any atom is -0.346 e. The quantitative estimate of drug-likeness (QED) is 0.610. The number of hydrogen-bond donors (Lipinski definition) is 1. The minimum absolute atomic E-state index is 0.0977. The number of thiazole rings is 1. The van der Waals surface area contributed by atoms with Crippen molar-refractivity contribution in [1.29, 1.82) is 0 Å². The molecule has 3 rings (SSSR count). The van der Waals surface area contributed by atoms with E-state index in [0.29, 0.717) is 37.0 Å². The summed E-state index contributed by atoms with van der Waals surface area (Å²) in [5.41, 5.74) is 0.653. The van der Waals surface area contributed by atoms with Crippen LogP contribution < -0.4 is 5.32 Å². The Morgan fingerprint density at radius 1 is 1.22 bits per heavy atom. The lowest BCUT2D eigenvalue weighted by atomic mass is 10.2. The molecule has 27 heavy (non-hydrogen) atoms. The van der Waals surface area contributed by atoms with Crippen molar-refractivity contribution in [2.45, 2.75) is 19.9 Å². The summed E-state index contributed by atoms with van der Waals surface area (Å²) in [6, 6.07) is -0.0977. The van der Waals surface area contributed by atoms with Crippen molar-refractivity contribution in [2.24, 2.45) is 0 Å². The first kappa shape index (κ1) is 19.4. The highest BCUT2D eigenvalue weighted by molar-refractivity contribution is 7.15. The van der Waals surface area contributed by atoms with E-state index in [1.54, 1.807) is 24.8 Å². The predicted molar refractivity (Wildman–Crippen MR) is 104 cm³/mol. The average molecular weight is 410 g/mol. The van der Waals surface area contributed by atoms with E-state index in [2.05, 4.69) is 10.3 Å². The Morgan fingerprint density at radius 3 is 2.56 bits per heavy atom. The summed E-state index contributed by atoms with van der Waals surface area (Å²) in [4.78, 5) is 44.4. The van der Waals surface area contributed by atoms with Crippen LogP contribution in [0.15, 0.2) is 17.7 Å². The molecule has 0 saturated carbocycles. The smallest absolute Gasteiger partial charge is 0.312 e. The zero-order valence-electron chi connectivity index (χ0n) is 15.0. The normalized spacial score (nSPS) is 15.1. The molecular formula is C17H20ClN5O3S. The van der Waals surface area contributed by atoms with E-state index >= 15 is 0 Å². The molecule has 1 N–H and O–H groups in total. The Bertz CT molecular complexity index is 896. The summed E-state index contributed by atoms with van der Waals surface area (Å²) in [6.07, 6.45) is 4.94. The summed E-state index contributed by atoms with van der Waals surface area (Å²) in [7, 11) is 0. The molecule has 3 amide bonds. The summed E-state index contributed by atoms with van der Waals surface area (Å²) >= 11 is 7.58. The highest BCUT2D eigenvalue weighted by atomic mass is 35.5. The Morgan fingerprint density at radius 2 is 1.89 bits per heavy atom. The molecule has 0 aliphatic carbocycles. The number of carbonyl (C=O) groups is 3. The molecule has 8 nitrogen and oxygen atoms in total. The fourth-order valence-electron chi connectivity index (χ4n) is 2.78. The van der Waals surface area contributed by atoms with E-state index in [1.807, 2.05) is 16.0 Å². The molecule has 1 aliphatic heterocycles. The number of hydrogen-bond acceptors (Lipinski definition) is 5. The number of fused-ring (bicyclic) bond motifs is 1. The lowest BCUT2D eigenvalue weighted by molar-refractivity contribution is -0.148. The summed E-state index contributed by atoms with van der Waals surface area (Å²) in [5.74, 6) is -1.34. The van der Waals surface area contributed by atoms with Crippen LogP contribution in [-0.2, 0) is 14.4 Å². The van der Waals surface area contributed by atoms with Gasteiger partial charge >= 0.3 is 11.8 Å². The van der Waals surface area contributed by atoms with Gasteiger partial charge < -0.3 is 15.1 Å². The number of aromatic nitrogens is 2. The van der Waals surface area contributed by atoms with Gasteiger partial charge in [-0.15, -0.1) is 11.3 Å². The van der Waals surface area contributed by atoms with Crippen LogP contribution in [0.5, 0.6) is 0 Å². The van der Waals surface area contributed by atoms with E-state index in [-0.39, 0.29) is 11.9 Å². The average Bonchev–Trinajstić information content (AvgIpc) is 3.19. The standard InChI is InChI=1S/C17H20ClN5O3S/c1-11(2)19-15(25)16(26)22-7-5-21(6-8-22)13(24)4-3-12-14(18)20-17-23(12)9-10-27-17/h3-4,9-11H,5-8H2,1-2H3,(H,19,25)/b4-3+. The second-order valence-corrected chi connectivity index (χ2v) is 7.65. The molecule has 10 heteroatoms. The van der Waals surface area contributed by atoms with Crippen molar-refractivity contribution in [2.75, 3.05) is 26.2 Å². The van der Waals surface area contributed by atoms with Gasteiger partial charge in [0, 0.05) is 49.9 Å². The molecule has 0 bridgehead atoms. The second kappa shape index (κ2) is 8.10. The maximum Gasteiger partial charge on any atom is 0.312 e. The molecule has 0 unspecified atom stereocenters. The van der Waals surface area contributed by atoms with Crippen LogP contribution in [-0.4, -0.2) is 69.1 Å². The van der Waals surface area contributed by atoms with Gasteiger partial charge in [0.25, 0.3) is 0 Å². The van der Waals surface area contributed by atoms with E-state index in [0.717, 1.165) is 4.96 Å². The number of amides is 3. The molecule has 0 spiro atoms. The van der Waals surface area contributed by atoms with Crippen LogP contribution >= 0.6 is 22.9 Å². The number of piperazine rings is 1. The SMILES string of the molecule is CC(C)NC(=O)C(=O)N1CCN(C(=O)/C=C/c2c(Cl)nc3sccn23)CC1. The minimum atomic E-state index is -0.611. The first-order chi connectivity index (χ1) is 12.9. The third kappa shape index (κ3) is 4.30. The molecule has 2 aromatic heterocycles. The van der Waals surface area contributed by atoms with Gasteiger partial charge in [-0.2, -0.15) is 0 Å². The van der Waals surface area contributed by atoms with Crippen LogP contribution in [0.4, 0.5) is 0 Å². The molecule has 1 fully saturated rings. The Hall–Kier alpha value is -2.39. The molecule has 0 radical (unpaired) electrons. The van der Waals surface area contributed by atoms with Gasteiger partial charge in [0.15, 0.2) is 10.1 Å². The maximum absolute atomic E-state index is 12.4. The van der Waals surface area contributed by atoms with Gasteiger partial charge in [0.2, 0.25) is 5.91 Å². The van der Waals surface area contributed by atoms with Gasteiger partial charge in [-0.1, -0.05) is 11.6 Å². The molecule has 0 atom stereocenters. The van der Waals surface area contributed by atoms with Gasteiger partial charge in [-0.25, -0.2) is 4.98 Å². The number of rotatable bonds is 3. The highest BCUT2D eigenvalue weighted by Crippen LogP contribution is 2.22. The van der Waals surface area contributed by atoms with Crippen molar-refractivity contribution >= 4 is 51.7 Å². The number of halogens is 1. The molecule has 144 valence electrons. The van der Waals surface area contributed by atoms with Gasteiger partial charge in [-0.3, -0.25) is 18.8 Å². The number of nitrogens with zero attached hydrogens (tertiary/aromatic N) is 4. The number of imidazole rings is 1. The van der Waals surface area contributed by atoms with Crippen LogP contribution in [0.3, 0.4) is 0 Å². The fraction of sp³-hybridized carbons (Fsp3) is 0.412. The van der Waals surface area contributed by atoms with Gasteiger partial charge in [-0.05, 0) is 19.9 Å². The molecule has 1 aliphatic rings. The number of nitrogens with one attached hydrogen (secondary N) is 1. The zero-order valence-corrected chi connectivity index (χ0v) is 16.6. The van der Waals surface area contributed by atoms with E-state index in [9.17, 15) is 14.4 Å². The van der Waals surface area contributed by atoms with Crippen molar-refractivity contribution in [3.63, 3.8) is 0 Å². The topological polar surface area (TPSA) is 87.0 Å². The van der Waals surface area contributed by atoms with Crippen molar-refractivity contribution < 1.29 is 14.4 Å². The zero-order chi connectivity index (χ0) is 19.6. The molecule has 3 heterocycles. The highest BCUT2D eigenvalue weighted by Gasteiger charge is 2.27. The van der Waals surface area contributed by atoms with Crippen molar-refractivity contribution in [3.8, 4) is 0 Å². The summed E-state index contributed by atoms with van der Waals surface area (Å²) < 4.78 is 1.82.